The Kier molecular flexibility index (Phi) is 7.74. The molecule has 0 aromatic heterocycles. The van der Waals surface area contributed by atoms with E-state index in [1.807, 2.05) is 0 Å². The van der Waals surface area contributed by atoms with Crippen LogP contribution in [0.2, 0.25) is 0 Å². The second-order valence-electron chi connectivity index (χ2n) is 5.80. The minimum Gasteiger partial charge on any atom is -0.480 e. The Labute approximate surface area is 144 Å². The highest BCUT2D eigenvalue weighted by molar-refractivity contribution is 5.94. The van der Waals surface area contributed by atoms with E-state index in [9.17, 15) is 29.4 Å². The summed E-state index contributed by atoms with van der Waals surface area (Å²) in [4.78, 5) is 48.2. The molecule has 4 unspecified atom stereocenters. The van der Waals surface area contributed by atoms with Gasteiger partial charge in [0.05, 0.1) is 19.3 Å². The molecule has 3 amide bonds. The van der Waals surface area contributed by atoms with Crippen molar-refractivity contribution >= 4 is 23.7 Å². The van der Waals surface area contributed by atoms with E-state index in [0.717, 1.165) is 4.90 Å². The van der Waals surface area contributed by atoms with Crippen LogP contribution in [0.5, 0.6) is 0 Å². The molecule has 0 radical (unpaired) electrons. The van der Waals surface area contributed by atoms with Gasteiger partial charge in [0, 0.05) is 6.54 Å². The fraction of sp³-hybridized carbons (Fsp3) is 0.714. The largest absolute Gasteiger partial charge is 0.480 e. The molecule has 0 bridgehead atoms. The van der Waals surface area contributed by atoms with Gasteiger partial charge in [-0.25, -0.2) is 4.79 Å². The third-order valence-corrected chi connectivity index (χ3v) is 3.85. The maximum absolute atomic E-state index is 12.4. The molecular weight excluding hydrogens is 336 g/mol. The molecule has 0 aliphatic carbocycles. The molecule has 11 heteroatoms. The summed E-state index contributed by atoms with van der Waals surface area (Å²) in [6.07, 6.45) is 0.787. The molecule has 11 nitrogen and oxygen atoms in total. The highest BCUT2D eigenvalue weighted by Crippen LogP contribution is 2.18. The molecule has 1 aliphatic heterocycles. The van der Waals surface area contributed by atoms with Crippen LogP contribution in [0.15, 0.2) is 0 Å². The van der Waals surface area contributed by atoms with Crippen molar-refractivity contribution < 1.29 is 34.5 Å². The van der Waals surface area contributed by atoms with Crippen molar-refractivity contribution in [1.82, 2.24) is 15.5 Å². The second-order valence-corrected chi connectivity index (χ2v) is 5.80. The molecule has 7 N–H and O–H groups in total. The number of carbonyl (C=O) groups excluding carboxylic acids is 3. The highest BCUT2D eigenvalue weighted by Gasteiger charge is 2.38. The molecule has 1 fully saturated rings. The SMILES string of the molecule is CC(N)C(=O)NC(CO)C(=O)NC(CO)C(=O)N1CCCC1C(=O)O. The lowest BCUT2D eigenvalue weighted by Gasteiger charge is -2.27. The number of hydrogen-bond donors (Lipinski definition) is 6. The predicted octanol–water partition coefficient (Wildman–Crippen LogP) is -3.64. The van der Waals surface area contributed by atoms with Gasteiger partial charge in [0.25, 0.3) is 0 Å². The number of nitrogens with one attached hydrogen (secondary N) is 2. The number of rotatable bonds is 8. The summed E-state index contributed by atoms with van der Waals surface area (Å²) in [6, 6.07) is -4.65. The van der Waals surface area contributed by atoms with E-state index < -0.39 is 61.1 Å². The van der Waals surface area contributed by atoms with Gasteiger partial charge in [-0.1, -0.05) is 0 Å². The maximum Gasteiger partial charge on any atom is 0.326 e. The van der Waals surface area contributed by atoms with Crippen molar-refractivity contribution in [3.8, 4) is 0 Å². The Morgan fingerprint density at radius 3 is 2.16 bits per heavy atom. The smallest absolute Gasteiger partial charge is 0.326 e. The zero-order chi connectivity index (χ0) is 19.1. The van der Waals surface area contributed by atoms with Crippen LogP contribution in [0.1, 0.15) is 19.8 Å². The van der Waals surface area contributed by atoms with Crippen LogP contribution in [0.3, 0.4) is 0 Å². The third kappa shape index (κ3) is 5.37. The number of nitrogens with two attached hydrogens (primary N) is 1. The molecule has 0 spiro atoms. The van der Waals surface area contributed by atoms with Crippen LogP contribution in [0.4, 0.5) is 0 Å². The normalized spacial score (nSPS) is 20.5. The molecule has 142 valence electrons. The Bertz CT molecular complexity index is 525. The summed E-state index contributed by atoms with van der Waals surface area (Å²) in [5, 5.41) is 32.1. The highest BCUT2D eigenvalue weighted by atomic mass is 16.4. The first-order valence-corrected chi connectivity index (χ1v) is 7.84. The standard InChI is InChI=1S/C14H24N4O7/c1-7(15)11(21)16-8(5-19)12(22)17-9(6-20)13(23)18-4-2-3-10(18)14(24)25/h7-10,19-20H,2-6,15H2,1H3,(H,16,21)(H,17,22)(H,24,25). The van der Waals surface area contributed by atoms with E-state index in [4.69, 9.17) is 10.8 Å². The Morgan fingerprint density at radius 1 is 1.12 bits per heavy atom. The maximum atomic E-state index is 12.4. The number of carbonyl (C=O) groups is 4. The first kappa shape index (κ1) is 20.8. The second kappa shape index (κ2) is 9.30. The van der Waals surface area contributed by atoms with E-state index in [1.165, 1.54) is 6.92 Å². The van der Waals surface area contributed by atoms with Gasteiger partial charge in [-0.3, -0.25) is 14.4 Å². The molecule has 4 atom stereocenters. The molecule has 1 rings (SSSR count). The number of hydrogen-bond acceptors (Lipinski definition) is 7. The first-order valence-electron chi connectivity index (χ1n) is 7.84. The summed E-state index contributed by atoms with van der Waals surface area (Å²) < 4.78 is 0. The Hall–Kier alpha value is -2.24. The Morgan fingerprint density at radius 2 is 1.68 bits per heavy atom. The summed E-state index contributed by atoms with van der Waals surface area (Å²) in [5.74, 6) is -3.47. The van der Waals surface area contributed by atoms with Crippen LogP contribution in [0, 0.1) is 0 Å². The molecule has 0 aromatic rings. The van der Waals surface area contributed by atoms with Gasteiger partial charge in [0.1, 0.15) is 18.1 Å². The lowest BCUT2D eigenvalue weighted by molar-refractivity contribution is -0.150. The minimum atomic E-state index is -1.38. The number of carboxylic acids is 1. The average molecular weight is 360 g/mol. The van der Waals surface area contributed by atoms with Crippen molar-refractivity contribution in [1.29, 1.82) is 0 Å². The van der Waals surface area contributed by atoms with E-state index in [1.54, 1.807) is 0 Å². The summed E-state index contributed by atoms with van der Waals surface area (Å²) >= 11 is 0. The zero-order valence-electron chi connectivity index (χ0n) is 13.8. The van der Waals surface area contributed by atoms with Crippen LogP contribution in [-0.2, 0) is 19.2 Å². The monoisotopic (exact) mass is 360 g/mol. The molecule has 1 aliphatic rings. The van der Waals surface area contributed by atoms with Crippen molar-refractivity contribution in [2.24, 2.45) is 5.73 Å². The first-order chi connectivity index (χ1) is 11.7. The van der Waals surface area contributed by atoms with Crippen LogP contribution < -0.4 is 16.4 Å². The number of carboxylic acid groups (broad SMARTS) is 1. The zero-order valence-corrected chi connectivity index (χ0v) is 13.8. The van der Waals surface area contributed by atoms with E-state index >= 15 is 0 Å². The van der Waals surface area contributed by atoms with Gasteiger partial charge in [-0.15, -0.1) is 0 Å². The van der Waals surface area contributed by atoms with Crippen molar-refractivity contribution in [3.05, 3.63) is 0 Å². The molecule has 25 heavy (non-hydrogen) atoms. The third-order valence-electron chi connectivity index (χ3n) is 3.85. The van der Waals surface area contributed by atoms with E-state index in [-0.39, 0.29) is 13.0 Å². The average Bonchev–Trinajstić information content (AvgIpc) is 3.06. The molecule has 1 heterocycles. The lowest BCUT2D eigenvalue weighted by atomic mass is 10.2. The number of amides is 3. The van der Waals surface area contributed by atoms with Crippen LogP contribution in [0.25, 0.3) is 0 Å². The molecule has 1 saturated heterocycles. The van der Waals surface area contributed by atoms with E-state index in [2.05, 4.69) is 10.6 Å². The van der Waals surface area contributed by atoms with Crippen molar-refractivity contribution in [3.63, 3.8) is 0 Å². The van der Waals surface area contributed by atoms with Gasteiger partial charge in [-0.2, -0.15) is 0 Å². The van der Waals surface area contributed by atoms with E-state index in [0.29, 0.717) is 6.42 Å². The fourth-order valence-corrected chi connectivity index (χ4v) is 2.44. The topological polar surface area (TPSA) is 182 Å². The summed E-state index contributed by atoms with van der Waals surface area (Å²) in [5.41, 5.74) is 5.36. The van der Waals surface area contributed by atoms with Gasteiger partial charge < -0.3 is 36.6 Å². The van der Waals surface area contributed by atoms with Gasteiger partial charge in [-0.05, 0) is 19.8 Å². The number of likely N-dealkylation sites (tertiary alicyclic amines) is 1. The predicted molar refractivity (Wildman–Crippen MR) is 84.1 cm³/mol. The number of aliphatic hydroxyl groups is 2. The molecule has 0 saturated carbocycles. The molecule has 0 aromatic carbocycles. The van der Waals surface area contributed by atoms with Crippen molar-refractivity contribution in [2.75, 3.05) is 19.8 Å². The van der Waals surface area contributed by atoms with Gasteiger partial charge in [0.2, 0.25) is 17.7 Å². The fourth-order valence-electron chi connectivity index (χ4n) is 2.44. The van der Waals surface area contributed by atoms with Crippen LogP contribution >= 0.6 is 0 Å². The summed E-state index contributed by atoms with van der Waals surface area (Å²) in [7, 11) is 0. The van der Waals surface area contributed by atoms with Gasteiger partial charge >= 0.3 is 5.97 Å². The lowest BCUT2D eigenvalue weighted by Crippen LogP contribution is -2.58. The number of aliphatic carboxylic acids is 1. The minimum absolute atomic E-state index is 0.201. The molecular formula is C14H24N4O7. The number of aliphatic hydroxyl groups excluding tert-OH is 2. The van der Waals surface area contributed by atoms with Crippen molar-refractivity contribution in [2.45, 2.75) is 43.9 Å². The number of nitrogens with zero attached hydrogens (tertiary/aromatic N) is 1. The van der Waals surface area contributed by atoms with Gasteiger partial charge in [0.15, 0.2) is 0 Å². The summed E-state index contributed by atoms with van der Waals surface area (Å²) in [6.45, 7) is 0.0963. The van der Waals surface area contributed by atoms with Crippen LogP contribution in [-0.4, -0.2) is 87.8 Å². The Balaban J connectivity index is 2.76. The quantitative estimate of drug-likeness (QED) is 0.256.